The molecule has 0 rings (SSSR count). The van der Waals surface area contributed by atoms with E-state index in [9.17, 15) is 7.56 Å². The topological polar surface area (TPSA) is 95.4 Å². The third-order valence-electron chi connectivity index (χ3n) is 1.43. The second-order valence-electron chi connectivity index (χ2n) is 2.93. The van der Waals surface area contributed by atoms with Crippen LogP contribution in [0.2, 0.25) is 0 Å². The van der Waals surface area contributed by atoms with Crippen molar-refractivity contribution >= 4 is 71.9 Å². The normalized spacial score (nSPS) is 12.7. The molecule has 17 heavy (non-hydrogen) atoms. The van der Waals surface area contributed by atoms with Crippen LogP contribution >= 0.6 is 45.0 Å². The molecule has 0 bridgehead atoms. The summed E-state index contributed by atoms with van der Waals surface area (Å²) in [4.78, 5) is 0. The maximum absolute atomic E-state index is 11.4. The van der Waals surface area contributed by atoms with Crippen molar-refractivity contribution in [3.05, 3.63) is 0 Å². The van der Waals surface area contributed by atoms with Crippen LogP contribution in [0.25, 0.3) is 0 Å². The minimum absolute atomic E-state index is 0. The summed E-state index contributed by atoms with van der Waals surface area (Å²) < 4.78 is 27.9. The van der Waals surface area contributed by atoms with E-state index in [0.717, 1.165) is 0 Å². The van der Waals surface area contributed by atoms with E-state index >= 15 is 0 Å². The summed E-state index contributed by atoms with van der Waals surface area (Å²) in [6.07, 6.45) is 0. The van der Waals surface area contributed by atoms with Gasteiger partial charge in [-0.05, 0) is 0 Å². The predicted molar refractivity (Wildman–Crippen MR) is 80.7 cm³/mol. The second-order valence-corrected chi connectivity index (χ2v) is 16.2. The average molecular weight is 446 g/mol. The molecule has 4 N–H and O–H groups in total. The Morgan fingerprint density at radius 3 is 1.53 bits per heavy atom. The summed E-state index contributed by atoms with van der Waals surface area (Å²) in [6.45, 7) is 4.65. The Labute approximate surface area is 130 Å². The van der Waals surface area contributed by atoms with E-state index in [0.29, 0.717) is 13.1 Å². The Morgan fingerprint density at radius 2 is 1.29 bits per heavy atom. The fraction of sp³-hybridized carbons (Fsp3) is 1.00. The summed E-state index contributed by atoms with van der Waals surface area (Å²) in [7, 11) is 2.45. The molecular weight excluding hydrogens is 428 g/mol. The third-order valence-corrected chi connectivity index (χ3v) is 19.3. The third kappa shape index (κ3) is 13.9. The molecule has 11 heteroatoms. The van der Waals surface area contributed by atoms with E-state index in [4.69, 9.17) is 14.3 Å². The smallest absolute Gasteiger partial charge is 0.147 e. The van der Waals surface area contributed by atoms with Crippen molar-refractivity contribution in [2.75, 3.05) is 13.1 Å². The average Bonchev–Trinajstić information content (AvgIpc) is 2.16. The Kier molecular flexibility index (Phi) is 19.7. The van der Waals surface area contributed by atoms with Crippen molar-refractivity contribution < 1.29 is 10.3 Å². The van der Waals surface area contributed by atoms with Gasteiger partial charge >= 0.3 is 106 Å². The molecule has 2 atom stereocenters. The van der Waals surface area contributed by atoms with Crippen LogP contribution in [-0.2, 0) is 10.3 Å². The van der Waals surface area contributed by atoms with Gasteiger partial charge in [0.05, 0.1) is 0 Å². The van der Waals surface area contributed by atoms with Gasteiger partial charge in [0.1, 0.15) is 0 Å². The quantitative estimate of drug-likeness (QED) is 0.534. The van der Waals surface area contributed by atoms with Crippen molar-refractivity contribution in [1.82, 2.24) is 0 Å². The number of nitrogens with two attached hydrogens (primary N) is 2. The van der Waals surface area contributed by atoms with Crippen LogP contribution in [0, 0.1) is 0 Å². The summed E-state index contributed by atoms with van der Waals surface area (Å²) >= 11 is -5.77. The first-order valence-corrected chi connectivity index (χ1v) is 14.8. The molecule has 2 unspecified atom stereocenters. The molecule has 0 aromatic carbocycles. The maximum Gasteiger partial charge on any atom is -0.147 e. The first-order chi connectivity index (χ1) is 6.99. The fourth-order valence-corrected chi connectivity index (χ4v) is 17.9. The van der Waals surface area contributed by atoms with Gasteiger partial charge in [0, 0.05) is 0 Å². The van der Waals surface area contributed by atoms with Crippen LogP contribution < -0.4 is 11.5 Å². The van der Waals surface area contributed by atoms with Gasteiger partial charge in [-0.25, -0.2) is 0 Å². The summed E-state index contributed by atoms with van der Waals surface area (Å²) in [6, 6.07) is 0. The van der Waals surface area contributed by atoms with Gasteiger partial charge in [0.2, 0.25) is 0 Å². The molecule has 0 radical (unpaired) electrons. The SMILES string of the molecule is CC(CN)[S][Ge](=[O])[O][Ge](=[O])[S]C(C)CN.Cl.Cl. The Bertz CT molecular complexity index is 219. The zero-order chi connectivity index (χ0) is 11.8. The van der Waals surface area contributed by atoms with Gasteiger partial charge in [-0.3, -0.25) is 0 Å². The fourth-order valence-electron chi connectivity index (χ4n) is 0.541. The molecule has 0 aliphatic carbocycles. The standard InChI is InChI=1S/C6H16Ge2N2O3S2.2ClH/c1-5(3-9)14-7(11)13-8(12)15-6(2)4-10;;/h5-6H,3-4,9-10H2,1-2H3;2*1H. The van der Waals surface area contributed by atoms with Gasteiger partial charge < -0.3 is 0 Å². The molecule has 0 amide bonds. The Morgan fingerprint density at radius 1 is 1.00 bits per heavy atom. The summed E-state index contributed by atoms with van der Waals surface area (Å²) in [5, 5.41) is 0.195. The van der Waals surface area contributed by atoms with Crippen LogP contribution in [0.4, 0.5) is 0 Å². The van der Waals surface area contributed by atoms with E-state index in [2.05, 4.69) is 0 Å². The summed E-state index contributed by atoms with van der Waals surface area (Å²) in [5.41, 5.74) is 10.8. The molecule has 0 heterocycles. The van der Waals surface area contributed by atoms with Crippen molar-refractivity contribution in [3.63, 3.8) is 0 Å². The molecule has 104 valence electrons. The monoisotopic (exact) mass is 448 g/mol. The van der Waals surface area contributed by atoms with E-state index in [-0.39, 0.29) is 35.3 Å². The molecular formula is C6H18Cl2Ge2N2O3S2. The molecule has 0 spiro atoms. The molecule has 0 aliphatic heterocycles. The first kappa shape index (κ1) is 23.8. The van der Waals surface area contributed by atoms with Gasteiger partial charge in [-0.1, -0.05) is 0 Å². The van der Waals surface area contributed by atoms with E-state index in [1.165, 1.54) is 20.2 Å². The Hall–Kier alpha value is 1.69. The molecule has 0 aromatic rings. The van der Waals surface area contributed by atoms with Crippen LogP contribution in [-0.4, -0.2) is 50.5 Å². The van der Waals surface area contributed by atoms with Crippen molar-refractivity contribution in [2.24, 2.45) is 11.5 Å². The van der Waals surface area contributed by atoms with Crippen molar-refractivity contribution in [2.45, 2.75) is 24.3 Å². The number of hydrogen-bond donors (Lipinski definition) is 2. The zero-order valence-corrected chi connectivity index (χ0v) is 17.0. The van der Waals surface area contributed by atoms with Crippen LogP contribution in [0.5, 0.6) is 0 Å². The molecule has 0 saturated heterocycles. The molecule has 0 fully saturated rings. The molecule has 0 saturated carbocycles. The van der Waals surface area contributed by atoms with E-state index < -0.39 is 27.0 Å². The van der Waals surface area contributed by atoms with Gasteiger partial charge in [-0.2, -0.15) is 0 Å². The Balaban J connectivity index is -0.000000980. The summed E-state index contributed by atoms with van der Waals surface area (Å²) in [5.74, 6) is 0. The minimum atomic E-state index is -2.88. The largest absolute Gasteiger partial charge is 0.147 e. The van der Waals surface area contributed by atoms with Crippen LogP contribution in [0.15, 0.2) is 0 Å². The first-order valence-electron chi connectivity index (χ1n) is 4.48. The van der Waals surface area contributed by atoms with E-state index in [1.54, 1.807) is 0 Å². The number of halogens is 2. The number of rotatable bonds is 8. The molecule has 0 aromatic heterocycles. The van der Waals surface area contributed by atoms with E-state index in [1.807, 2.05) is 13.8 Å². The van der Waals surface area contributed by atoms with Crippen LogP contribution in [0.1, 0.15) is 13.8 Å². The zero-order valence-electron chi connectivity index (χ0n) is 9.58. The minimum Gasteiger partial charge on any atom is -0.147 e. The second kappa shape index (κ2) is 14.1. The van der Waals surface area contributed by atoms with Crippen molar-refractivity contribution in [1.29, 1.82) is 0 Å². The molecule has 5 nitrogen and oxygen atoms in total. The van der Waals surface area contributed by atoms with Crippen LogP contribution in [0.3, 0.4) is 0 Å². The van der Waals surface area contributed by atoms with Gasteiger partial charge in [0.25, 0.3) is 0 Å². The predicted octanol–water partition coefficient (Wildman–Crippen LogP) is 0.838. The van der Waals surface area contributed by atoms with Gasteiger partial charge in [-0.15, -0.1) is 24.8 Å². The maximum atomic E-state index is 11.4. The number of hydrogen-bond acceptors (Lipinski definition) is 7. The van der Waals surface area contributed by atoms with Crippen molar-refractivity contribution in [3.8, 4) is 0 Å². The van der Waals surface area contributed by atoms with Gasteiger partial charge in [0.15, 0.2) is 0 Å². The molecule has 0 aliphatic rings.